The highest BCUT2D eigenvalue weighted by molar-refractivity contribution is 6.31. The maximum atomic E-state index is 8.73. The van der Waals surface area contributed by atoms with Gasteiger partial charge in [0.15, 0.2) is 0 Å². The van der Waals surface area contributed by atoms with Crippen LogP contribution in [0.15, 0.2) is 12.1 Å². The zero-order chi connectivity index (χ0) is 11.4. The van der Waals surface area contributed by atoms with Gasteiger partial charge in [0.25, 0.3) is 0 Å². The average molecular weight is 228 g/mol. The summed E-state index contributed by atoms with van der Waals surface area (Å²) >= 11 is 6.17. The molecule has 0 aliphatic carbocycles. The predicted molar refractivity (Wildman–Crippen MR) is 64.4 cm³/mol. The fourth-order valence-corrected chi connectivity index (χ4v) is 1.91. The first-order valence-electron chi connectivity index (χ1n) is 5.17. The Kier molecular flexibility index (Phi) is 4.58. The highest BCUT2D eigenvalue weighted by Crippen LogP contribution is 2.26. The lowest BCUT2D eigenvalue weighted by Crippen LogP contribution is -2.22. The van der Waals surface area contributed by atoms with E-state index in [0.717, 1.165) is 10.6 Å². The van der Waals surface area contributed by atoms with Crippen molar-refractivity contribution >= 4 is 11.6 Å². The number of aryl methyl sites for hydroxylation is 2. The molecule has 1 rings (SSSR count). The van der Waals surface area contributed by atoms with Gasteiger partial charge in [-0.15, -0.1) is 0 Å². The highest BCUT2D eigenvalue weighted by Gasteiger charge is 2.10. The van der Waals surface area contributed by atoms with E-state index in [2.05, 4.69) is 25.2 Å². The van der Waals surface area contributed by atoms with Crippen molar-refractivity contribution in [2.45, 2.75) is 26.8 Å². The van der Waals surface area contributed by atoms with Crippen molar-refractivity contribution in [2.75, 3.05) is 13.2 Å². The molecule has 1 aromatic carbocycles. The van der Waals surface area contributed by atoms with Crippen LogP contribution < -0.4 is 5.32 Å². The van der Waals surface area contributed by atoms with Gasteiger partial charge in [-0.2, -0.15) is 0 Å². The van der Waals surface area contributed by atoms with E-state index in [1.807, 2.05) is 13.0 Å². The molecule has 15 heavy (non-hydrogen) atoms. The summed E-state index contributed by atoms with van der Waals surface area (Å²) in [4.78, 5) is 0. The van der Waals surface area contributed by atoms with Gasteiger partial charge in [-0.25, -0.2) is 0 Å². The number of hydrogen-bond donors (Lipinski definition) is 2. The van der Waals surface area contributed by atoms with Crippen molar-refractivity contribution in [1.29, 1.82) is 0 Å². The molecular formula is C12H18ClNO. The van der Waals surface area contributed by atoms with Crippen molar-refractivity contribution in [3.63, 3.8) is 0 Å². The smallest absolute Gasteiger partial charge is 0.0556 e. The van der Waals surface area contributed by atoms with Gasteiger partial charge in [-0.3, -0.25) is 0 Å². The first-order chi connectivity index (χ1) is 7.06. The second-order valence-corrected chi connectivity index (χ2v) is 4.26. The molecule has 1 atom stereocenters. The standard InChI is InChI=1S/C12H18ClNO/c1-8-6-11(10(3)14-4-5-15)12(13)7-9(8)2/h6-7,10,14-15H,4-5H2,1-3H3. The number of halogens is 1. The SMILES string of the molecule is Cc1cc(Cl)c(C(C)NCCO)cc1C. The lowest BCUT2D eigenvalue weighted by Gasteiger charge is -2.16. The van der Waals surface area contributed by atoms with Crippen LogP contribution in [0, 0.1) is 13.8 Å². The first-order valence-corrected chi connectivity index (χ1v) is 5.55. The van der Waals surface area contributed by atoms with E-state index in [1.54, 1.807) is 0 Å². The summed E-state index contributed by atoms with van der Waals surface area (Å²) in [5.74, 6) is 0. The third-order valence-electron chi connectivity index (χ3n) is 2.64. The van der Waals surface area contributed by atoms with E-state index in [1.165, 1.54) is 11.1 Å². The Hall–Kier alpha value is -0.570. The molecule has 3 heteroatoms. The van der Waals surface area contributed by atoms with Crippen molar-refractivity contribution < 1.29 is 5.11 Å². The van der Waals surface area contributed by atoms with Crippen LogP contribution in [0.2, 0.25) is 5.02 Å². The average Bonchev–Trinajstić information content (AvgIpc) is 2.20. The molecule has 0 spiro atoms. The molecule has 0 amide bonds. The van der Waals surface area contributed by atoms with Gasteiger partial charge < -0.3 is 10.4 Å². The van der Waals surface area contributed by atoms with E-state index in [0.29, 0.717) is 6.54 Å². The quantitative estimate of drug-likeness (QED) is 0.829. The highest BCUT2D eigenvalue weighted by atomic mass is 35.5. The molecule has 0 aliphatic rings. The second kappa shape index (κ2) is 5.50. The molecule has 1 aromatic rings. The topological polar surface area (TPSA) is 32.3 Å². The summed E-state index contributed by atoms with van der Waals surface area (Å²) in [7, 11) is 0. The second-order valence-electron chi connectivity index (χ2n) is 3.86. The fourth-order valence-electron chi connectivity index (χ4n) is 1.53. The Morgan fingerprint density at radius 2 is 1.93 bits per heavy atom. The largest absolute Gasteiger partial charge is 0.395 e. The molecule has 2 nitrogen and oxygen atoms in total. The number of nitrogens with one attached hydrogen (secondary N) is 1. The molecule has 0 saturated carbocycles. The third kappa shape index (κ3) is 3.20. The normalized spacial score (nSPS) is 12.9. The van der Waals surface area contributed by atoms with Crippen LogP contribution in [0.4, 0.5) is 0 Å². The lowest BCUT2D eigenvalue weighted by molar-refractivity contribution is 0.286. The van der Waals surface area contributed by atoms with Crippen molar-refractivity contribution in [3.8, 4) is 0 Å². The van der Waals surface area contributed by atoms with Gasteiger partial charge in [-0.1, -0.05) is 17.7 Å². The van der Waals surface area contributed by atoms with E-state index >= 15 is 0 Å². The van der Waals surface area contributed by atoms with Gasteiger partial charge in [0.05, 0.1) is 6.61 Å². The molecule has 0 fully saturated rings. The van der Waals surface area contributed by atoms with Gasteiger partial charge in [-0.05, 0) is 43.5 Å². The van der Waals surface area contributed by atoms with Crippen LogP contribution in [0.3, 0.4) is 0 Å². The minimum atomic E-state index is 0.146. The summed E-state index contributed by atoms with van der Waals surface area (Å²) in [5.41, 5.74) is 3.54. The van der Waals surface area contributed by atoms with Crippen LogP contribution in [0.5, 0.6) is 0 Å². The molecule has 1 unspecified atom stereocenters. The van der Waals surface area contributed by atoms with Crippen LogP contribution >= 0.6 is 11.6 Å². The van der Waals surface area contributed by atoms with E-state index in [9.17, 15) is 0 Å². The molecule has 0 aliphatic heterocycles. The summed E-state index contributed by atoms with van der Waals surface area (Å²) in [6, 6.07) is 4.26. The lowest BCUT2D eigenvalue weighted by atomic mass is 10.0. The molecule has 0 radical (unpaired) electrons. The van der Waals surface area contributed by atoms with Crippen LogP contribution in [-0.2, 0) is 0 Å². The molecule has 0 heterocycles. The molecule has 2 N–H and O–H groups in total. The number of rotatable bonds is 4. The summed E-state index contributed by atoms with van der Waals surface area (Å²) in [6.07, 6.45) is 0. The van der Waals surface area contributed by atoms with E-state index in [4.69, 9.17) is 16.7 Å². The van der Waals surface area contributed by atoms with E-state index < -0.39 is 0 Å². The third-order valence-corrected chi connectivity index (χ3v) is 2.97. The minimum absolute atomic E-state index is 0.146. The number of benzene rings is 1. The fraction of sp³-hybridized carbons (Fsp3) is 0.500. The van der Waals surface area contributed by atoms with Gasteiger partial charge in [0.1, 0.15) is 0 Å². The summed E-state index contributed by atoms with van der Waals surface area (Å²) in [6.45, 7) is 6.91. The number of aliphatic hydroxyl groups excluding tert-OH is 1. The molecule has 0 bridgehead atoms. The Morgan fingerprint density at radius 3 is 2.53 bits per heavy atom. The van der Waals surface area contributed by atoms with E-state index in [-0.39, 0.29) is 12.6 Å². The zero-order valence-electron chi connectivity index (χ0n) is 9.47. The van der Waals surface area contributed by atoms with Crippen molar-refractivity contribution in [3.05, 3.63) is 33.8 Å². The Morgan fingerprint density at radius 1 is 1.33 bits per heavy atom. The van der Waals surface area contributed by atoms with Crippen LogP contribution in [0.25, 0.3) is 0 Å². The van der Waals surface area contributed by atoms with Crippen LogP contribution in [0.1, 0.15) is 29.7 Å². The Balaban J connectivity index is 2.88. The minimum Gasteiger partial charge on any atom is -0.395 e. The number of aliphatic hydroxyl groups is 1. The van der Waals surface area contributed by atoms with Gasteiger partial charge >= 0.3 is 0 Å². The molecule has 0 saturated heterocycles. The van der Waals surface area contributed by atoms with Crippen LogP contribution in [-0.4, -0.2) is 18.3 Å². The number of hydrogen-bond acceptors (Lipinski definition) is 2. The molecule has 0 aromatic heterocycles. The molecular weight excluding hydrogens is 210 g/mol. The monoisotopic (exact) mass is 227 g/mol. The molecule has 84 valence electrons. The Labute approximate surface area is 96.3 Å². The predicted octanol–water partition coefficient (Wildman–Crippen LogP) is 2.60. The summed E-state index contributed by atoms with van der Waals surface area (Å²) < 4.78 is 0. The van der Waals surface area contributed by atoms with Gasteiger partial charge in [0, 0.05) is 17.6 Å². The van der Waals surface area contributed by atoms with Crippen molar-refractivity contribution in [2.24, 2.45) is 0 Å². The van der Waals surface area contributed by atoms with Crippen molar-refractivity contribution in [1.82, 2.24) is 5.32 Å². The summed E-state index contributed by atoms with van der Waals surface area (Å²) in [5, 5.41) is 12.7. The first kappa shape index (κ1) is 12.5. The maximum Gasteiger partial charge on any atom is 0.0556 e. The Bertz CT molecular complexity index is 339. The maximum absolute atomic E-state index is 8.73. The zero-order valence-corrected chi connectivity index (χ0v) is 10.2. The van der Waals surface area contributed by atoms with Gasteiger partial charge in [0.2, 0.25) is 0 Å².